The number of H-pyrrole nitrogens is 1. The average Bonchev–Trinajstić information content (AvgIpc) is 3.35. The van der Waals surface area contributed by atoms with Crippen molar-refractivity contribution in [3.05, 3.63) is 78.4 Å². The fraction of sp³-hybridized carbons (Fsp3) is 0.154. The Kier molecular flexibility index (Phi) is 6.53. The van der Waals surface area contributed by atoms with Gasteiger partial charge in [0.05, 0.1) is 30.1 Å². The third-order valence-corrected chi connectivity index (χ3v) is 5.82. The molecule has 0 amide bonds. The van der Waals surface area contributed by atoms with Gasteiger partial charge in [-0.05, 0) is 48.9 Å². The molecule has 4 N–H and O–H groups in total. The lowest BCUT2D eigenvalue weighted by atomic mass is 10.0. The minimum atomic E-state index is -4.45. The molecule has 0 radical (unpaired) electrons. The summed E-state index contributed by atoms with van der Waals surface area (Å²) in [7, 11) is 1.47. The van der Waals surface area contributed by atoms with E-state index in [4.69, 9.17) is 15.5 Å². The van der Waals surface area contributed by atoms with Crippen LogP contribution in [-0.4, -0.2) is 44.2 Å². The summed E-state index contributed by atoms with van der Waals surface area (Å²) in [6, 6.07) is 8.46. The lowest BCUT2D eigenvalue weighted by Gasteiger charge is -2.19. The van der Waals surface area contributed by atoms with Gasteiger partial charge in [-0.1, -0.05) is 12.2 Å². The van der Waals surface area contributed by atoms with Crippen LogP contribution in [0.2, 0.25) is 0 Å². The van der Waals surface area contributed by atoms with Crippen LogP contribution >= 0.6 is 0 Å². The van der Waals surface area contributed by atoms with Crippen molar-refractivity contribution in [2.24, 2.45) is 0 Å². The molecule has 194 valence electrons. The lowest BCUT2D eigenvalue weighted by Crippen LogP contribution is -2.23. The summed E-state index contributed by atoms with van der Waals surface area (Å²) in [5, 5.41) is 2.95. The quantitative estimate of drug-likeness (QED) is 0.284. The number of pyridine rings is 1. The van der Waals surface area contributed by atoms with E-state index in [1.807, 2.05) is 0 Å². The number of halogens is 4. The number of anilines is 2. The first-order chi connectivity index (χ1) is 18.2. The summed E-state index contributed by atoms with van der Waals surface area (Å²) in [5.74, 6) is 0.738. The van der Waals surface area contributed by atoms with E-state index in [-0.39, 0.29) is 17.6 Å². The van der Waals surface area contributed by atoms with Crippen molar-refractivity contribution >= 4 is 11.8 Å². The Balaban J connectivity index is 1.55. The highest BCUT2D eigenvalue weighted by Crippen LogP contribution is 2.35. The van der Waals surface area contributed by atoms with Crippen LogP contribution in [-0.2, 0) is 0 Å². The zero-order valence-corrected chi connectivity index (χ0v) is 19.9. The number of aromatic nitrogens is 5. The van der Waals surface area contributed by atoms with Gasteiger partial charge in [-0.3, -0.25) is 0 Å². The molecule has 0 aliphatic heterocycles. The molecule has 3 heterocycles. The molecule has 1 aliphatic rings. The van der Waals surface area contributed by atoms with Crippen molar-refractivity contribution in [1.29, 1.82) is 0 Å². The summed E-state index contributed by atoms with van der Waals surface area (Å²) in [4.78, 5) is 20.8. The van der Waals surface area contributed by atoms with Crippen LogP contribution in [0.1, 0.15) is 6.42 Å². The van der Waals surface area contributed by atoms with Gasteiger partial charge >= 0.3 is 6.18 Å². The number of imidazole rings is 1. The number of methoxy groups -OCH3 is 1. The highest BCUT2D eigenvalue weighted by Gasteiger charge is 2.33. The van der Waals surface area contributed by atoms with Crippen LogP contribution in [0.25, 0.3) is 34.0 Å². The van der Waals surface area contributed by atoms with E-state index in [1.165, 1.54) is 37.7 Å². The largest absolute Gasteiger partial charge is 0.493 e. The molecule has 5 rings (SSSR count). The number of nitrogens with one attached hydrogen (secondary N) is 2. The summed E-state index contributed by atoms with van der Waals surface area (Å²) in [6.07, 6.45) is 2.53. The highest BCUT2D eigenvalue weighted by atomic mass is 19.4. The zero-order chi connectivity index (χ0) is 26.9. The molecule has 12 heteroatoms. The van der Waals surface area contributed by atoms with Gasteiger partial charge in [-0.2, -0.15) is 13.2 Å². The second kappa shape index (κ2) is 9.96. The lowest BCUT2D eigenvalue weighted by molar-refractivity contribution is -0.0886. The SMILES string of the molecule is COc1cc(-c2nc(-c3ccc(F)cc3)[nH]c2-c2ccnc(NC3C=C(C(F)(F)F)C=CC3)n2)cnc1N. The summed E-state index contributed by atoms with van der Waals surface area (Å²) >= 11 is 0. The molecule has 1 atom stereocenters. The van der Waals surface area contributed by atoms with E-state index in [9.17, 15) is 17.6 Å². The Bertz CT molecular complexity index is 1530. The van der Waals surface area contributed by atoms with Crippen molar-refractivity contribution < 1.29 is 22.3 Å². The fourth-order valence-corrected chi connectivity index (χ4v) is 3.96. The Morgan fingerprint density at radius 3 is 2.61 bits per heavy atom. The van der Waals surface area contributed by atoms with Gasteiger partial charge in [0, 0.05) is 23.5 Å². The van der Waals surface area contributed by atoms with Gasteiger partial charge in [0.25, 0.3) is 0 Å². The number of ether oxygens (including phenoxy) is 1. The minimum Gasteiger partial charge on any atom is -0.493 e. The maximum atomic E-state index is 13.5. The standard InChI is InChI=1S/C26H21F4N7O/c1-38-20-11-15(13-33-23(20)31)21-22(37-24(36-21)14-5-7-17(27)8-6-14)19-9-10-32-25(35-19)34-18-4-2-3-16(12-18)26(28,29)30/h2-3,5-13,18H,4H2,1H3,(H2,31,33)(H,36,37)(H,32,34,35). The molecule has 38 heavy (non-hydrogen) atoms. The van der Waals surface area contributed by atoms with Crippen molar-refractivity contribution in [2.75, 3.05) is 18.2 Å². The molecule has 1 unspecified atom stereocenters. The van der Waals surface area contributed by atoms with Gasteiger partial charge in [0.15, 0.2) is 11.6 Å². The van der Waals surface area contributed by atoms with Crippen LogP contribution in [0, 0.1) is 5.82 Å². The molecule has 0 saturated carbocycles. The van der Waals surface area contributed by atoms with Crippen molar-refractivity contribution in [3.63, 3.8) is 0 Å². The molecule has 3 aromatic heterocycles. The molecule has 1 aromatic carbocycles. The number of allylic oxidation sites excluding steroid dienone is 2. The fourth-order valence-electron chi connectivity index (χ4n) is 3.96. The number of hydrogen-bond donors (Lipinski definition) is 3. The number of alkyl halides is 3. The van der Waals surface area contributed by atoms with Crippen LogP contribution in [0.5, 0.6) is 5.75 Å². The highest BCUT2D eigenvalue weighted by molar-refractivity contribution is 5.80. The second-order valence-corrected chi connectivity index (χ2v) is 8.40. The van der Waals surface area contributed by atoms with Crippen molar-refractivity contribution in [3.8, 4) is 39.8 Å². The summed E-state index contributed by atoms with van der Waals surface area (Å²) < 4.78 is 58.3. The molecular formula is C26H21F4N7O. The first kappa shape index (κ1) is 24.9. The summed E-state index contributed by atoms with van der Waals surface area (Å²) in [5.41, 5.74) is 7.69. The van der Waals surface area contributed by atoms with Crippen molar-refractivity contribution in [2.45, 2.75) is 18.6 Å². The number of nitrogens with zero attached hydrogens (tertiary/aromatic N) is 4. The Morgan fingerprint density at radius 1 is 1.08 bits per heavy atom. The predicted molar refractivity (Wildman–Crippen MR) is 135 cm³/mol. The number of hydrogen-bond acceptors (Lipinski definition) is 7. The average molecular weight is 523 g/mol. The molecule has 4 aromatic rings. The molecule has 1 aliphatic carbocycles. The molecule has 0 spiro atoms. The predicted octanol–water partition coefficient (Wildman–Crippen LogP) is 5.55. The molecule has 0 fully saturated rings. The number of nitrogens with two attached hydrogens (primary N) is 1. The van der Waals surface area contributed by atoms with Crippen molar-refractivity contribution in [1.82, 2.24) is 24.9 Å². The Morgan fingerprint density at radius 2 is 1.87 bits per heavy atom. The molecular weight excluding hydrogens is 502 g/mol. The van der Waals surface area contributed by atoms with Gasteiger partial charge in [0.1, 0.15) is 17.3 Å². The molecule has 8 nitrogen and oxygen atoms in total. The maximum absolute atomic E-state index is 13.5. The number of benzene rings is 1. The van der Waals surface area contributed by atoms with E-state index in [2.05, 4.69) is 25.3 Å². The zero-order valence-electron chi connectivity index (χ0n) is 19.9. The number of rotatable bonds is 6. The van der Waals surface area contributed by atoms with Crippen LogP contribution in [0.3, 0.4) is 0 Å². The van der Waals surface area contributed by atoms with Crippen LogP contribution in [0.4, 0.5) is 29.3 Å². The molecule has 0 saturated heterocycles. The van der Waals surface area contributed by atoms with E-state index in [1.54, 1.807) is 24.3 Å². The van der Waals surface area contributed by atoms with E-state index in [0.29, 0.717) is 46.2 Å². The topological polar surface area (TPSA) is 115 Å². The van der Waals surface area contributed by atoms with Crippen LogP contribution in [0.15, 0.2) is 72.6 Å². The third-order valence-electron chi connectivity index (χ3n) is 5.82. The van der Waals surface area contributed by atoms with E-state index in [0.717, 1.165) is 12.2 Å². The Hall–Kier alpha value is -4.74. The summed E-state index contributed by atoms with van der Waals surface area (Å²) in [6.45, 7) is 0. The smallest absolute Gasteiger partial charge is 0.416 e. The van der Waals surface area contributed by atoms with Gasteiger partial charge in [0.2, 0.25) is 5.95 Å². The number of nitrogen functional groups attached to an aromatic ring is 1. The van der Waals surface area contributed by atoms with Crippen LogP contribution < -0.4 is 15.8 Å². The second-order valence-electron chi connectivity index (χ2n) is 8.40. The monoisotopic (exact) mass is 523 g/mol. The van der Waals surface area contributed by atoms with E-state index >= 15 is 0 Å². The molecule has 0 bridgehead atoms. The van der Waals surface area contributed by atoms with Gasteiger partial charge in [-0.25, -0.2) is 24.3 Å². The minimum absolute atomic E-state index is 0.137. The van der Waals surface area contributed by atoms with E-state index < -0.39 is 17.8 Å². The maximum Gasteiger partial charge on any atom is 0.416 e. The van der Waals surface area contributed by atoms with Gasteiger partial charge < -0.3 is 20.8 Å². The number of aromatic amines is 1. The normalized spacial score (nSPS) is 15.3. The van der Waals surface area contributed by atoms with Gasteiger partial charge in [-0.15, -0.1) is 0 Å². The third kappa shape index (κ3) is 5.19. The first-order valence-corrected chi connectivity index (χ1v) is 11.4. The Labute approximate surface area is 214 Å². The first-order valence-electron chi connectivity index (χ1n) is 11.4.